The van der Waals surface area contributed by atoms with Crippen LogP contribution in [0.2, 0.25) is 0 Å². The molecule has 32 heavy (non-hydrogen) atoms. The first-order valence-electron chi connectivity index (χ1n) is 10.4. The van der Waals surface area contributed by atoms with Crippen LogP contribution in [0.1, 0.15) is 24.8 Å². The molecule has 10 heteroatoms. The molecule has 1 N–H and O–H groups in total. The van der Waals surface area contributed by atoms with E-state index in [-0.39, 0.29) is 22.1 Å². The molecule has 1 fully saturated rings. The smallest absolute Gasteiger partial charge is 0.307 e. The standard InChI is InChI=1S/C22H25N3O5S2/c1-24-18-8-6-16(14-20(18)31-22(24)27)23-21(26)10-5-15-13-17(7-9-19(15)30-2)32(28,29)25-11-3-4-12-25/h6-9,13-14H,3-5,10-12H2,1-2H3,(H,23,26). The Bertz CT molecular complexity index is 1320. The van der Waals surface area contributed by atoms with Gasteiger partial charge in [0.2, 0.25) is 15.9 Å². The molecule has 0 bridgehead atoms. The van der Waals surface area contributed by atoms with Crippen molar-refractivity contribution in [1.29, 1.82) is 0 Å². The number of hydrogen-bond acceptors (Lipinski definition) is 6. The molecular weight excluding hydrogens is 450 g/mol. The normalized spacial score (nSPS) is 14.7. The Labute approximate surface area is 190 Å². The number of methoxy groups -OCH3 is 1. The van der Waals surface area contributed by atoms with E-state index in [2.05, 4.69) is 5.32 Å². The molecule has 0 unspecified atom stereocenters. The number of carbonyl (C=O) groups is 1. The Balaban J connectivity index is 1.47. The largest absolute Gasteiger partial charge is 0.496 e. The lowest BCUT2D eigenvalue weighted by molar-refractivity contribution is -0.116. The molecule has 3 aromatic rings. The van der Waals surface area contributed by atoms with E-state index in [4.69, 9.17) is 4.74 Å². The molecule has 1 aliphatic rings. The molecule has 4 rings (SSSR count). The number of sulfonamides is 1. The van der Waals surface area contributed by atoms with Gasteiger partial charge in [-0.3, -0.25) is 9.59 Å². The second-order valence-electron chi connectivity index (χ2n) is 7.74. The van der Waals surface area contributed by atoms with Gasteiger partial charge in [-0.25, -0.2) is 8.42 Å². The lowest BCUT2D eigenvalue weighted by Crippen LogP contribution is -2.28. The molecule has 1 saturated heterocycles. The van der Waals surface area contributed by atoms with Crippen molar-refractivity contribution in [2.24, 2.45) is 7.05 Å². The molecule has 8 nitrogen and oxygen atoms in total. The predicted molar refractivity (Wildman–Crippen MR) is 125 cm³/mol. The number of anilines is 1. The number of aryl methyl sites for hydroxylation is 2. The quantitative estimate of drug-likeness (QED) is 0.567. The summed E-state index contributed by atoms with van der Waals surface area (Å²) in [6, 6.07) is 10.1. The summed E-state index contributed by atoms with van der Waals surface area (Å²) in [5, 5.41) is 2.85. The van der Waals surface area contributed by atoms with Gasteiger partial charge in [-0.15, -0.1) is 0 Å². The van der Waals surface area contributed by atoms with Crippen molar-refractivity contribution >= 4 is 43.2 Å². The van der Waals surface area contributed by atoms with Crippen LogP contribution < -0.4 is 14.9 Å². The molecular formula is C22H25N3O5S2. The first-order chi connectivity index (χ1) is 15.3. The number of carbonyl (C=O) groups excluding carboxylic acids is 1. The van der Waals surface area contributed by atoms with Gasteiger partial charge in [0.25, 0.3) is 0 Å². The van der Waals surface area contributed by atoms with Gasteiger partial charge in [0, 0.05) is 32.2 Å². The molecule has 0 saturated carbocycles. The Morgan fingerprint density at radius 3 is 2.62 bits per heavy atom. The van der Waals surface area contributed by atoms with Crippen molar-refractivity contribution in [2.75, 3.05) is 25.5 Å². The van der Waals surface area contributed by atoms with Crippen LogP contribution in [0.3, 0.4) is 0 Å². The van der Waals surface area contributed by atoms with E-state index in [1.807, 2.05) is 0 Å². The minimum atomic E-state index is -3.54. The fourth-order valence-corrected chi connectivity index (χ4v) is 6.36. The summed E-state index contributed by atoms with van der Waals surface area (Å²) in [4.78, 5) is 24.5. The van der Waals surface area contributed by atoms with E-state index < -0.39 is 10.0 Å². The zero-order valence-corrected chi connectivity index (χ0v) is 19.6. The number of rotatable bonds is 7. The minimum Gasteiger partial charge on any atom is -0.496 e. The Morgan fingerprint density at radius 2 is 1.91 bits per heavy atom. The van der Waals surface area contributed by atoms with Gasteiger partial charge >= 0.3 is 4.87 Å². The highest BCUT2D eigenvalue weighted by Crippen LogP contribution is 2.28. The number of hydrogen-bond donors (Lipinski definition) is 1. The highest BCUT2D eigenvalue weighted by atomic mass is 32.2. The van der Waals surface area contributed by atoms with Gasteiger partial charge < -0.3 is 14.6 Å². The van der Waals surface area contributed by atoms with Gasteiger partial charge in [-0.05, 0) is 61.2 Å². The number of thiazole rings is 1. The van der Waals surface area contributed by atoms with Gasteiger partial charge in [0.05, 0.1) is 22.2 Å². The lowest BCUT2D eigenvalue weighted by Gasteiger charge is -2.17. The Morgan fingerprint density at radius 1 is 1.16 bits per heavy atom. The lowest BCUT2D eigenvalue weighted by atomic mass is 10.1. The van der Waals surface area contributed by atoms with E-state index in [0.717, 1.165) is 34.4 Å². The van der Waals surface area contributed by atoms with Gasteiger partial charge in [-0.2, -0.15) is 4.31 Å². The minimum absolute atomic E-state index is 0.0562. The molecule has 2 aromatic carbocycles. The first-order valence-corrected chi connectivity index (χ1v) is 12.6. The molecule has 0 spiro atoms. The predicted octanol–water partition coefficient (Wildman–Crippen LogP) is 2.96. The monoisotopic (exact) mass is 475 g/mol. The van der Waals surface area contributed by atoms with E-state index in [9.17, 15) is 18.0 Å². The Hall–Kier alpha value is -2.69. The van der Waals surface area contributed by atoms with Crippen LogP contribution in [0.15, 0.2) is 46.1 Å². The van der Waals surface area contributed by atoms with Crippen LogP contribution in [0.25, 0.3) is 10.2 Å². The molecule has 1 aromatic heterocycles. The molecule has 1 amide bonds. The molecule has 0 radical (unpaired) electrons. The van der Waals surface area contributed by atoms with E-state index in [1.165, 1.54) is 11.4 Å². The van der Waals surface area contributed by atoms with Gasteiger partial charge in [0.1, 0.15) is 5.75 Å². The van der Waals surface area contributed by atoms with Crippen LogP contribution in [0, 0.1) is 0 Å². The van der Waals surface area contributed by atoms with Crippen LogP contribution in [-0.4, -0.2) is 43.4 Å². The van der Waals surface area contributed by atoms with Crippen molar-refractivity contribution in [3.8, 4) is 5.75 Å². The molecule has 170 valence electrons. The summed E-state index contributed by atoms with van der Waals surface area (Å²) in [7, 11) is -0.310. The third-order valence-corrected chi connectivity index (χ3v) is 8.54. The second-order valence-corrected chi connectivity index (χ2v) is 10.7. The van der Waals surface area contributed by atoms with Gasteiger partial charge in [0.15, 0.2) is 0 Å². The number of nitrogens with zero attached hydrogens (tertiary/aromatic N) is 2. The number of ether oxygens (including phenoxy) is 1. The zero-order chi connectivity index (χ0) is 22.9. The Kier molecular flexibility index (Phi) is 6.36. The van der Waals surface area contributed by atoms with Crippen molar-refractivity contribution in [1.82, 2.24) is 8.87 Å². The number of aromatic nitrogens is 1. The number of amides is 1. The second kappa shape index (κ2) is 9.05. The topological polar surface area (TPSA) is 97.7 Å². The number of nitrogens with one attached hydrogen (secondary N) is 1. The summed E-state index contributed by atoms with van der Waals surface area (Å²) in [5.41, 5.74) is 2.10. The van der Waals surface area contributed by atoms with Crippen LogP contribution in [-0.2, 0) is 28.3 Å². The highest BCUT2D eigenvalue weighted by molar-refractivity contribution is 7.89. The van der Waals surface area contributed by atoms with Crippen molar-refractivity contribution < 1.29 is 17.9 Å². The third kappa shape index (κ3) is 4.43. The average molecular weight is 476 g/mol. The summed E-state index contributed by atoms with van der Waals surface area (Å²) >= 11 is 1.13. The van der Waals surface area contributed by atoms with Crippen LogP contribution in [0.5, 0.6) is 5.75 Å². The van der Waals surface area contributed by atoms with E-state index >= 15 is 0 Å². The summed E-state index contributed by atoms with van der Waals surface area (Å²) in [6.45, 7) is 1.07. The summed E-state index contributed by atoms with van der Waals surface area (Å²) in [6.07, 6.45) is 2.23. The van der Waals surface area contributed by atoms with Crippen molar-refractivity contribution in [3.05, 3.63) is 51.6 Å². The fourth-order valence-electron chi connectivity index (χ4n) is 3.87. The number of benzene rings is 2. The maximum Gasteiger partial charge on any atom is 0.307 e. The van der Waals surface area contributed by atoms with E-state index in [1.54, 1.807) is 48.0 Å². The average Bonchev–Trinajstić information content (AvgIpc) is 3.41. The summed E-state index contributed by atoms with van der Waals surface area (Å²) in [5.74, 6) is 0.344. The zero-order valence-electron chi connectivity index (χ0n) is 18.0. The fraction of sp³-hybridized carbons (Fsp3) is 0.364. The van der Waals surface area contributed by atoms with Crippen LogP contribution in [0.4, 0.5) is 5.69 Å². The third-order valence-electron chi connectivity index (χ3n) is 5.65. The first kappa shape index (κ1) is 22.5. The SMILES string of the molecule is COc1ccc(S(=O)(=O)N2CCCC2)cc1CCC(=O)Nc1ccc2c(c1)sc(=O)n2C. The molecule has 0 aliphatic carbocycles. The molecule has 0 atom stereocenters. The van der Waals surface area contributed by atoms with Crippen molar-refractivity contribution in [2.45, 2.75) is 30.6 Å². The van der Waals surface area contributed by atoms with Gasteiger partial charge in [-0.1, -0.05) is 11.3 Å². The van der Waals surface area contributed by atoms with Crippen molar-refractivity contribution in [3.63, 3.8) is 0 Å². The maximum absolute atomic E-state index is 12.9. The van der Waals surface area contributed by atoms with Crippen LogP contribution >= 0.6 is 11.3 Å². The molecule has 1 aliphatic heterocycles. The summed E-state index contributed by atoms with van der Waals surface area (Å²) < 4.78 is 35.0. The van der Waals surface area contributed by atoms with E-state index in [0.29, 0.717) is 36.5 Å². The number of fused-ring (bicyclic) bond motifs is 1. The maximum atomic E-state index is 12.9. The highest BCUT2D eigenvalue weighted by Gasteiger charge is 2.27. The molecule has 2 heterocycles.